The van der Waals surface area contributed by atoms with E-state index >= 15 is 0 Å². The predicted molar refractivity (Wildman–Crippen MR) is 101 cm³/mol. The maximum atomic E-state index is 14.0. The standard InChI is InChI=1S/C16H14BrClFN5O3/c17-10-5-9(13(25)11(18)6-10)7-21-23-16(26)14-20-8-12(19)15(22-14)24-1-3-27-4-2-24/h5-8,25H,1-4H2,(H,23,26)/b21-7+. The Morgan fingerprint density at radius 2 is 2.19 bits per heavy atom. The lowest BCUT2D eigenvalue weighted by atomic mass is 10.2. The number of hydrogen-bond donors (Lipinski definition) is 2. The Morgan fingerprint density at radius 3 is 2.93 bits per heavy atom. The third-order valence-electron chi connectivity index (χ3n) is 3.67. The van der Waals surface area contributed by atoms with Gasteiger partial charge in [-0.15, -0.1) is 0 Å². The Morgan fingerprint density at radius 1 is 1.44 bits per heavy atom. The summed E-state index contributed by atoms with van der Waals surface area (Å²) in [7, 11) is 0. The molecule has 2 aromatic rings. The fourth-order valence-electron chi connectivity index (χ4n) is 2.36. The summed E-state index contributed by atoms with van der Waals surface area (Å²) in [6.07, 6.45) is 2.16. The molecular weight excluding hydrogens is 445 g/mol. The highest BCUT2D eigenvalue weighted by Gasteiger charge is 2.20. The minimum Gasteiger partial charge on any atom is -0.506 e. The summed E-state index contributed by atoms with van der Waals surface area (Å²) in [6, 6.07) is 3.09. The molecule has 1 aliphatic heterocycles. The lowest BCUT2D eigenvalue weighted by Crippen LogP contribution is -2.38. The van der Waals surface area contributed by atoms with E-state index in [4.69, 9.17) is 16.3 Å². The number of phenolic OH excluding ortho intramolecular Hbond substituents is 1. The van der Waals surface area contributed by atoms with E-state index in [1.165, 1.54) is 12.3 Å². The third kappa shape index (κ3) is 4.71. The lowest BCUT2D eigenvalue weighted by Gasteiger charge is -2.27. The molecule has 0 saturated carbocycles. The van der Waals surface area contributed by atoms with Crippen LogP contribution in [-0.4, -0.2) is 53.5 Å². The number of nitrogens with one attached hydrogen (secondary N) is 1. The summed E-state index contributed by atoms with van der Waals surface area (Å²) in [5.41, 5.74) is 2.53. The number of amides is 1. The summed E-state index contributed by atoms with van der Waals surface area (Å²) in [4.78, 5) is 21.6. The number of rotatable bonds is 4. The fraction of sp³-hybridized carbons (Fsp3) is 0.250. The highest BCUT2D eigenvalue weighted by Crippen LogP contribution is 2.30. The van der Waals surface area contributed by atoms with Gasteiger partial charge in [-0.05, 0) is 12.1 Å². The van der Waals surface area contributed by atoms with Crippen molar-refractivity contribution < 1.29 is 19.0 Å². The number of aromatic hydroxyl groups is 1. The van der Waals surface area contributed by atoms with E-state index in [0.717, 1.165) is 6.20 Å². The maximum absolute atomic E-state index is 14.0. The summed E-state index contributed by atoms with van der Waals surface area (Å²) >= 11 is 9.11. The van der Waals surface area contributed by atoms with Gasteiger partial charge < -0.3 is 14.7 Å². The number of halogens is 3. The number of morpholine rings is 1. The smallest absolute Gasteiger partial charge is 0.309 e. The second-order valence-electron chi connectivity index (χ2n) is 5.49. The zero-order valence-electron chi connectivity index (χ0n) is 13.8. The van der Waals surface area contributed by atoms with Crippen LogP contribution < -0.4 is 10.3 Å². The van der Waals surface area contributed by atoms with E-state index in [1.807, 2.05) is 0 Å². The van der Waals surface area contributed by atoms with Crippen LogP contribution in [0.3, 0.4) is 0 Å². The Balaban J connectivity index is 1.73. The third-order valence-corrected chi connectivity index (χ3v) is 4.41. The molecule has 0 spiro atoms. The molecule has 1 aliphatic rings. The molecule has 11 heteroatoms. The molecular formula is C16H14BrClFN5O3. The average Bonchev–Trinajstić information content (AvgIpc) is 2.66. The van der Waals surface area contributed by atoms with E-state index in [2.05, 4.69) is 36.4 Å². The minimum absolute atomic E-state index is 0.0406. The van der Waals surface area contributed by atoms with Crippen molar-refractivity contribution in [1.29, 1.82) is 0 Å². The number of carbonyl (C=O) groups is 1. The average molecular weight is 459 g/mol. The van der Waals surface area contributed by atoms with Gasteiger partial charge in [0.25, 0.3) is 0 Å². The largest absolute Gasteiger partial charge is 0.506 e. The van der Waals surface area contributed by atoms with Crippen molar-refractivity contribution in [2.75, 3.05) is 31.2 Å². The van der Waals surface area contributed by atoms with Gasteiger partial charge >= 0.3 is 5.91 Å². The van der Waals surface area contributed by atoms with Crippen LogP contribution >= 0.6 is 27.5 Å². The molecule has 142 valence electrons. The van der Waals surface area contributed by atoms with Crippen molar-refractivity contribution in [3.8, 4) is 5.75 Å². The maximum Gasteiger partial charge on any atom is 0.309 e. The van der Waals surface area contributed by atoms with Gasteiger partial charge in [0.2, 0.25) is 5.82 Å². The monoisotopic (exact) mass is 457 g/mol. The van der Waals surface area contributed by atoms with Crippen LogP contribution in [0.25, 0.3) is 0 Å². The molecule has 2 heterocycles. The first-order chi connectivity index (χ1) is 13.0. The van der Waals surface area contributed by atoms with Gasteiger partial charge in [0.05, 0.1) is 30.6 Å². The van der Waals surface area contributed by atoms with Crippen molar-refractivity contribution in [2.45, 2.75) is 0 Å². The zero-order valence-corrected chi connectivity index (χ0v) is 16.2. The molecule has 1 aromatic heterocycles. The highest BCUT2D eigenvalue weighted by molar-refractivity contribution is 9.10. The Bertz CT molecular complexity index is 893. The van der Waals surface area contributed by atoms with Gasteiger partial charge in [0, 0.05) is 23.1 Å². The molecule has 1 saturated heterocycles. The SMILES string of the molecule is O=C(N/N=C/c1cc(Br)cc(Cl)c1O)c1ncc(F)c(N2CCOCC2)n1. The minimum atomic E-state index is -0.721. The molecule has 0 atom stereocenters. The van der Waals surface area contributed by atoms with Crippen molar-refractivity contribution in [2.24, 2.45) is 5.10 Å². The summed E-state index contributed by atoms with van der Waals surface area (Å²) < 4.78 is 19.9. The molecule has 0 radical (unpaired) electrons. The second kappa shape index (κ2) is 8.59. The topological polar surface area (TPSA) is 99.9 Å². The number of ether oxygens (including phenoxy) is 1. The number of nitrogens with zero attached hydrogens (tertiary/aromatic N) is 4. The number of phenols is 1. The van der Waals surface area contributed by atoms with Crippen LogP contribution in [0.5, 0.6) is 5.75 Å². The number of anilines is 1. The van der Waals surface area contributed by atoms with Crippen LogP contribution in [0.2, 0.25) is 5.02 Å². The Kier molecular flexibility index (Phi) is 6.19. The number of hydrazone groups is 1. The van der Waals surface area contributed by atoms with Crippen molar-refractivity contribution >= 4 is 45.5 Å². The first-order valence-electron chi connectivity index (χ1n) is 7.82. The van der Waals surface area contributed by atoms with Crippen LogP contribution in [0.1, 0.15) is 16.2 Å². The van der Waals surface area contributed by atoms with Crippen LogP contribution in [0.4, 0.5) is 10.2 Å². The van der Waals surface area contributed by atoms with E-state index in [9.17, 15) is 14.3 Å². The quantitative estimate of drug-likeness (QED) is 0.539. The highest BCUT2D eigenvalue weighted by atomic mass is 79.9. The number of aromatic nitrogens is 2. The van der Waals surface area contributed by atoms with Crippen molar-refractivity contribution in [3.05, 3.63) is 45.0 Å². The van der Waals surface area contributed by atoms with Crippen LogP contribution in [0, 0.1) is 5.82 Å². The van der Waals surface area contributed by atoms with Gasteiger partial charge in [-0.3, -0.25) is 4.79 Å². The molecule has 3 rings (SSSR count). The lowest BCUT2D eigenvalue weighted by molar-refractivity contribution is 0.0944. The molecule has 2 N–H and O–H groups in total. The molecule has 1 amide bonds. The first-order valence-corrected chi connectivity index (χ1v) is 8.99. The molecule has 0 aliphatic carbocycles. The predicted octanol–water partition coefficient (Wildman–Crippen LogP) is 2.34. The number of hydrogen-bond acceptors (Lipinski definition) is 7. The van der Waals surface area contributed by atoms with Crippen molar-refractivity contribution in [1.82, 2.24) is 15.4 Å². The molecule has 8 nitrogen and oxygen atoms in total. The molecule has 0 unspecified atom stereocenters. The van der Waals surface area contributed by atoms with Crippen molar-refractivity contribution in [3.63, 3.8) is 0 Å². The fourth-order valence-corrected chi connectivity index (χ4v) is 3.19. The van der Waals surface area contributed by atoms with E-state index in [0.29, 0.717) is 36.3 Å². The summed E-state index contributed by atoms with van der Waals surface area (Å²) in [6.45, 7) is 1.84. The van der Waals surface area contributed by atoms with Gasteiger partial charge in [0.15, 0.2) is 11.6 Å². The molecule has 1 aromatic carbocycles. The summed E-state index contributed by atoms with van der Waals surface area (Å²) in [5, 5.41) is 13.8. The molecule has 27 heavy (non-hydrogen) atoms. The van der Waals surface area contributed by atoms with Crippen LogP contribution in [0.15, 0.2) is 27.9 Å². The molecule has 1 fully saturated rings. The van der Waals surface area contributed by atoms with Gasteiger partial charge in [-0.2, -0.15) is 5.10 Å². The number of carbonyl (C=O) groups excluding carboxylic acids is 1. The molecule has 0 bridgehead atoms. The normalized spacial score (nSPS) is 14.6. The Hall–Kier alpha value is -2.30. The van der Waals surface area contributed by atoms with E-state index in [1.54, 1.807) is 11.0 Å². The van der Waals surface area contributed by atoms with Gasteiger partial charge in [-0.1, -0.05) is 27.5 Å². The number of benzene rings is 1. The summed E-state index contributed by atoms with van der Waals surface area (Å²) in [5.74, 6) is -1.71. The van der Waals surface area contributed by atoms with E-state index in [-0.39, 0.29) is 22.4 Å². The van der Waals surface area contributed by atoms with Crippen LogP contribution in [-0.2, 0) is 4.74 Å². The Labute approximate surface area is 167 Å². The zero-order chi connectivity index (χ0) is 19.4. The van der Waals surface area contributed by atoms with Gasteiger partial charge in [0.1, 0.15) is 5.75 Å². The van der Waals surface area contributed by atoms with E-state index < -0.39 is 11.7 Å². The first kappa shape index (κ1) is 19.5. The van der Waals surface area contributed by atoms with Gasteiger partial charge in [-0.25, -0.2) is 19.8 Å². The second-order valence-corrected chi connectivity index (χ2v) is 6.81.